The van der Waals surface area contributed by atoms with Crippen molar-refractivity contribution in [2.45, 2.75) is 23.3 Å². The van der Waals surface area contributed by atoms with Gasteiger partial charge in [-0.1, -0.05) is 24.3 Å². The van der Waals surface area contributed by atoms with Gasteiger partial charge in [0.2, 0.25) is 0 Å². The van der Waals surface area contributed by atoms with Crippen LogP contribution in [0.4, 0.5) is 16.2 Å². The third-order valence-electron chi connectivity index (χ3n) is 4.46. The molecule has 3 aromatic rings. The van der Waals surface area contributed by atoms with E-state index in [1.165, 1.54) is 11.9 Å². The fraction of sp³-hybridized carbons (Fsp3) is 0.143. The largest absolute Gasteiger partial charge is 0.339 e. The van der Waals surface area contributed by atoms with Gasteiger partial charge in [0.15, 0.2) is 0 Å². The highest BCUT2D eigenvalue weighted by Gasteiger charge is 2.32. The standard InChI is InChI=1S/C21H19N3OS2/c1-15-7-6-12-22-18(15)14-23-19-10-3-4-11-20(19)27-24(21(23)25)16-8-5-9-17(13-16)26-2/h3-13H,14H2,1-2H3. The molecule has 0 bridgehead atoms. The van der Waals surface area contributed by atoms with E-state index in [1.807, 2.05) is 66.6 Å². The van der Waals surface area contributed by atoms with Crippen molar-refractivity contribution in [1.82, 2.24) is 4.98 Å². The van der Waals surface area contributed by atoms with E-state index >= 15 is 0 Å². The first-order valence-electron chi connectivity index (χ1n) is 8.60. The zero-order valence-electron chi connectivity index (χ0n) is 15.1. The van der Waals surface area contributed by atoms with Crippen molar-refractivity contribution in [3.05, 3.63) is 78.1 Å². The third kappa shape index (κ3) is 3.55. The maximum absolute atomic E-state index is 13.4. The van der Waals surface area contributed by atoms with E-state index in [4.69, 9.17) is 0 Å². The molecular weight excluding hydrogens is 374 g/mol. The molecule has 0 atom stereocenters. The molecule has 0 N–H and O–H groups in total. The molecule has 2 amide bonds. The van der Waals surface area contributed by atoms with Crippen molar-refractivity contribution in [3.8, 4) is 0 Å². The number of para-hydroxylation sites is 1. The van der Waals surface area contributed by atoms with Gasteiger partial charge < -0.3 is 0 Å². The van der Waals surface area contributed by atoms with E-state index in [-0.39, 0.29) is 6.03 Å². The van der Waals surface area contributed by atoms with Crippen LogP contribution in [-0.2, 0) is 6.54 Å². The first kappa shape index (κ1) is 17.9. The Morgan fingerprint density at radius 3 is 2.74 bits per heavy atom. The highest BCUT2D eigenvalue weighted by atomic mass is 32.2. The van der Waals surface area contributed by atoms with Crippen LogP contribution in [0.2, 0.25) is 0 Å². The lowest BCUT2D eigenvalue weighted by atomic mass is 10.2. The smallest absolute Gasteiger partial charge is 0.286 e. The second-order valence-corrected chi connectivity index (χ2v) is 8.06. The minimum absolute atomic E-state index is 0.0537. The first-order valence-corrected chi connectivity index (χ1v) is 10.6. The minimum atomic E-state index is -0.0537. The number of thioether (sulfide) groups is 1. The zero-order chi connectivity index (χ0) is 18.8. The number of amides is 2. The van der Waals surface area contributed by atoms with E-state index in [1.54, 1.807) is 22.3 Å². The van der Waals surface area contributed by atoms with Crippen molar-refractivity contribution < 1.29 is 4.79 Å². The van der Waals surface area contributed by atoms with E-state index in [2.05, 4.69) is 17.1 Å². The second-order valence-electron chi connectivity index (χ2n) is 6.19. The number of benzene rings is 2. The normalized spacial score (nSPS) is 13.6. The lowest BCUT2D eigenvalue weighted by Gasteiger charge is -2.36. The summed E-state index contributed by atoms with van der Waals surface area (Å²) < 4.78 is 1.76. The Hall–Kier alpha value is -2.44. The molecule has 27 heavy (non-hydrogen) atoms. The molecule has 0 aliphatic carbocycles. The van der Waals surface area contributed by atoms with Crippen molar-refractivity contribution in [1.29, 1.82) is 0 Å². The Balaban J connectivity index is 1.75. The van der Waals surface area contributed by atoms with Crippen molar-refractivity contribution in [3.63, 3.8) is 0 Å². The summed E-state index contributed by atoms with van der Waals surface area (Å²) in [6, 6.07) is 20.0. The Kier molecular flexibility index (Phi) is 5.09. The number of fused-ring (bicyclic) bond motifs is 1. The third-order valence-corrected chi connectivity index (χ3v) is 6.28. The number of anilines is 2. The molecule has 2 aromatic carbocycles. The molecule has 0 saturated carbocycles. The molecule has 1 aromatic heterocycles. The van der Waals surface area contributed by atoms with Crippen molar-refractivity contribution in [2.24, 2.45) is 0 Å². The van der Waals surface area contributed by atoms with Gasteiger partial charge in [-0.2, -0.15) is 0 Å². The van der Waals surface area contributed by atoms with E-state index < -0.39 is 0 Å². The Bertz CT molecular complexity index is 992. The summed E-state index contributed by atoms with van der Waals surface area (Å²) in [6.45, 7) is 2.47. The summed E-state index contributed by atoms with van der Waals surface area (Å²) in [5, 5.41) is 0. The molecule has 6 heteroatoms. The van der Waals surface area contributed by atoms with Crippen LogP contribution in [0.1, 0.15) is 11.3 Å². The van der Waals surface area contributed by atoms with Gasteiger partial charge in [-0.25, -0.2) is 9.10 Å². The van der Waals surface area contributed by atoms with Gasteiger partial charge >= 0.3 is 6.03 Å². The van der Waals surface area contributed by atoms with Crippen LogP contribution < -0.4 is 9.21 Å². The van der Waals surface area contributed by atoms with Gasteiger partial charge in [-0.05, 0) is 67.1 Å². The van der Waals surface area contributed by atoms with Crippen LogP contribution in [0, 0.1) is 6.92 Å². The molecule has 0 radical (unpaired) electrons. The number of rotatable bonds is 4. The predicted molar refractivity (Wildman–Crippen MR) is 114 cm³/mol. The fourth-order valence-electron chi connectivity index (χ4n) is 2.99. The molecule has 1 aliphatic heterocycles. The Morgan fingerprint density at radius 2 is 1.93 bits per heavy atom. The average molecular weight is 394 g/mol. The van der Waals surface area contributed by atoms with Gasteiger partial charge in [0.05, 0.1) is 28.5 Å². The summed E-state index contributed by atoms with van der Waals surface area (Å²) in [5.41, 5.74) is 3.80. The van der Waals surface area contributed by atoms with Crippen LogP contribution >= 0.6 is 23.7 Å². The first-order chi connectivity index (χ1) is 13.2. The molecular formula is C21H19N3OS2. The van der Waals surface area contributed by atoms with Crippen LogP contribution in [-0.4, -0.2) is 17.3 Å². The number of carbonyl (C=O) groups is 1. The number of pyridine rings is 1. The molecule has 1 aliphatic rings. The Labute approximate surface area is 167 Å². The lowest BCUT2D eigenvalue weighted by Crippen LogP contribution is -2.43. The molecule has 4 nitrogen and oxygen atoms in total. The number of nitrogens with zero attached hydrogens (tertiary/aromatic N) is 3. The summed E-state index contributed by atoms with van der Waals surface area (Å²) in [7, 11) is 0. The topological polar surface area (TPSA) is 36.4 Å². The number of hydrogen-bond acceptors (Lipinski definition) is 4. The monoisotopic (exact) mass is 393 g/mol. The van der Waals surface area contributed by atoms with Crippen molar-refractivity contribution in [2.75, 3.05) is 15.5 Å². The summed E-state index contributed by atoms with van der Waals surface area (Å²) >= 11 is 3.14. The van der Waals surface area contributed by atoms with Crippen LogP contribution in [0.3, 0.4) is 0 Å². The molecule has 0 unspecified atom stereocenters. The highest BCUT2D eigenvalue weighted by molar-refractivity contribution is 8.01. The molecule has 136 valence electrons. The SMILES string of the molecule is CSc1cccc(N2Sc3ccccc3N(Cc3ncccc3C)C2=O)c1. The van der Waals surface area contributed by atoms with Gasteiger partial charge in [0.25, 0.3) is 0 Å². The van der Waals surface area contributed by atoms with Crippen molar-refractivity contribution >= 4 is 41.1 Å². The quantitative estimate of drug-likeness (QED) is 0.417. The average Bonchev–Trinajstić information content (AvgIpc) is 2.71. The van der Waals surface area contributed by atoms with Crippen LogP contribution in [0.15, 0.2) is 76.7 Å². The molecule has 0 saturated heterocycles. The number of aromatic nitrogens is 1. The fourth-order valence-corrected chi connectivity index (χ4v) is 4.45. The maximum Gasteiger partial charge on any atom is 0.339 e. The number of aryl methyl sites for hydroxylation is 1. The van der Waals surface area contributed by atoms with E-state index in [0.717, 1.165) is 32.4 Å². The second kappa shape index (κ2) is 7.66. The Morgan fingerprint density at radius 1 is 1.07 bits per heavy atom. The van der Waals surface area contributed by atoms with E-state index in [0.29, 0.717) is 6.54 Å². The maximum atomic E-state index is 13.4. The number of urea groups is 1. The van der Waals surface area contributed by atoms with E-state index in [9.17, 15) is 4.79 Å². The van der Waals surface area contributed by atoms with Gasteiger partial charge in [0.1, 0.15) is 0 Å². The predicted octanol–water partition coefficient (Wildman–Crippen LogP) is 5.77. The molecule has 4 rings (SSSR count). The molecule has 2 heterocycles. The lowest BCUT2D eigenvalue weighted by molar-refractivity contribution is 0.254. The summed E-state index contributed by atoms with van der Waals surface area (Å²) in [5.74, 6) is 0. The molecule has 0 spiro atoms. The van der Waals surface area contributed by atoms with Crippen LogP contribution in [0.25, 0.3) is 0 Å². The zero-order valence-corrected chi connectivity index (χ0v) is 16.8. The van der Waals surface area contributed by atoms with Crippen LogP contribution in [0.5, 0.6) is 0 Å². The van der Waals surface area contributed by atoms with Gasteiger partial charge in [-0.3, -0.25) is 9.88 Å². The summed E-state index contributed by atoms with van der Waals surface area (Å²) in [6.07, 6.45) is 3.81. The number of hydrogen-bond donors (Lipinski definition) is 0. The summed E-state index contributed by atoms with van der Waals surface area (Å²) in [4.78, 5) is 21.9. The minimum Gasteiger partial charge on any atom is -0.286 e. The van der Waals surface area contributed by atoms with Gasteiger partial charge in [-0.15, -0.1) is 11.8 Å². The van der Waals surface area contributed by atoms with Gasteiger partial charge in [0, 0.05) is 11.1 Å². The molecule has 0 fully saturated rings. The highest BCUT2D eigenvalue weighted by Crippen LogP contribution is 2.42. The number of carbonyl (C=O) groups excluding carboxylic acids is 1.